The molecule has 0 saturated heterocycles. The third-order valence-corrected chi connectivity index (χ3v) is 2.22. The molecule has 1 aromatic heterocycles. The summed E-state index contributed by atoms with van der Waals surface area (Å²) in [6, 6.07) is 0.921. The summed E-state index contributed by atoms with van der Waals surface area (Å²) in [4.78, 5) is 23.6. The van der Waals surface area contributed by atoms with Gasteiger partial charge in [0.25, 0.3) is 5.91 Å². The Morgan fingerprint density at radius 3 is 2.53 bits per heavy atom. The molecule has 6 heteroatoms. The highest BCUT2D eigenvalue weighted by atomic mass is 16.6. The third-order valence-electron chi connectivity index (χ3n) is 2.22. The molecular formula is C13H20N3O3+. The summed E-state index contributed by atoms with van der Waals surface area (Å²) in [5.74, 6) is -0.818. The lowest BCUT2D eigenvalue weighted by molar-refractivity contribution is -0.730. The molecule has 0 aliphatic rings. The Hall–Kier alpha value is -1.98. The molecule has 0 aromatic carbocycles. The second kappa shape index (κ2) is 5.77. The monoisotopic (exact) mass is 266 g/mol. The fourth-order valence-corrected chi connectivity index (χ4v) is 1.29. The van der Waals surface area contributed by atoms with Gasteiger partial charge in [0.05, 0.1) is 5.56 Å². The minimum absolute atomic E-state index is 0.355. The maximum Gasteiger partial charge on any atom is 0.328 e. The van der Waals surface area contributed by atoms with E-state index < -0.39 is 17.6 Å². The van der Waals surface area contributed by atoms with Crippen molar-refractivity contribution < 1.29 is 19.0 Å². The molecule has 0 bridgehead atoms. The molecule has 0 aliphatic heterocycles. The lowest BCUT2D eigenvalue weighted by Crippen LogP contribution is -2.42. The molecule has 0 saturated carbocycles. The number of hydrogen-bond acceptors (Lipinski definition) is 4. The van der Waals surface area contributed by atoms with E-state index in [-0.39, 0.29) is 5.91 Å². The van der Waals surface area contributed by atoms with Gasteiger partial charge in [-0.2, -0.15) is 0 Å². The van der Waals surface area contributed by atoms with Crippen LogP contribution < -0.4 is 10.00 Å². The van der Waals surface area contributed by atoms with Crippen molar-refractivity contribution >= 4 is 11.9 Å². The fraction of sp³-hybridized carbons (Fsp3) is 0.538. The minimum atomic E-state index is -0.708. The quantitative estimate of drug-likeness (QED) is 0.633. The molecule has 0 radical (unpaired) electrons. The van der Waals surface area contributed by atoms with Gasteiger partial charge in [-0.15, -0.1) is 0 Å². The van der Waals surface area contributed by atoms with Gasteiger partial charge in [0.15, 0.2) is 13.2 Å². The van der Waals surface area contributed by atoms with Crippen molar-refractivity contribution in [1.82, 2.24) is 10.4 Å². The summed E-state index contributed by atoms with van der Waals surface area (Å²) >= 11 is 0. The van der Waals surface area contributed by atoms with Gasteiger partial charge in [0, 0.05) is 6.07 Å². The number of carbonyl (C=O) groups excluding carboxylic acids is 2. The van der Waals surface area contributed by atoms with Gasteiger partial charge in [0.2, 0.25) is 0 Å². The molecule has 104 valence electrons. The van der Waals surface area contributed by atoms with Crippen molar-refractivity contribution in [2.45, 2.75) is 39.3 Å². The highest BCUT2D eigenvalue weighted by Gasteiger charge is 2.23. The predicted octanol–water partition coefficient (Wildman–Crippen LogP) is 0.366. The number of esters is 1. The fourth-order valence-electron chi connectivity index (χ4n) is 1.29. The number of hydrogen-bond donors (Lipinski definition) is 1. The first kappa shape index (κ1) is 15.1. The molecule has 1 N–H and O–H groups in total. The molecule has 1 atom stereocenters. The van der Waals surface area contributed by atoms with Gasteiger partial charge in [0.1, 0.15) is 17.8 Å². The van der Waals surface area contributed by atoms with E-state index in [4.69, 9.17) is 4.74 Å². The van der Waals surface area contributed by atoms with Crippen molar-refractivity contribution in [2.75, 3.05) is 0 Å². The topological polar surface area (TPSA) is 72.2 Å². The Morgan fingerprint density at radius 1 is 1.42 bits per heavy atom. The molecule has 0 aliphatic carbocycles. The number of ether oxygens (including phenoxy) is 1. The third kappa shape index (κ3) is 5.03. The van der Waals surface area contributed by atoms with Gasteiger partial charge >= 0.3 is 5.97 Å². The smallest absolute Gasteiger partial charge is 0.328 e. The normalized spacial score (nSPS) is 12.7. The van der Waals surface area contributed by atoms with E-state index in [1.54, 1.807) is 51.7 Å². The van der Waals surface area contributed by atoms with Crippen LogP contribution in [0, 0.1) is 0 Å². The van der Waals surface area contributed by atoms with Crippen LogP contribution in [0.15, 0.2) is 18.5 Å². The van der Waals surface area contributed by atoms with E-state index >= 15 is 0 Å². The summed E-state index contributed by atoms with van der Waals surface area (Å²) in [7, 11) is 1.75. The van der Waals surface area contributed by atoms with E-state index in [0.717, 1.165) is 0 Å². The minimum Gasteiger partial charge on any atom is -0.458 e. The Morgan fingerprint density at radius 2 is 2.05 bits per heavy atom. The second-order valence-corrected chi connectivity index (χ2v) is 5.32. The first-order chi connectivity index (χ1) is 8.69. The van der Waals surface area contributed by atoms with Crippen LogP contribution in [0.2, 0.25) is 0 Å². The van der Waals surface area contributed by atoms with E-state index in [0.29, 0.717) is 5.56 Å². The van der Waals surface area contributed by atoms with Crippen LogP contribution in [0.3, 0.4) is 0 Å². The number of carbonyl (C=O) groups is 2. The molecule has 19 heavy (non-hydrogen) atoms. The predicted molar refractivity (Wildman–Crippen MR) is 68.2 cm³/mol. The van der Waals surface area contributed by atoms with Crippen LogP contribution in [0.1, 0.15) is 38.1 Å². The summed E-state index contributed by atoms with van der Waals surface area (Å²) in [6.45, 7) is 6.92. The number of nitrogens with one attached hydrogen (secondary N) is 1. The number of rotatable bonds is 3. The average molecular weight is 266 g/mol. The zero-order valence-corrected chi connectivity index (χ0v) is 11.9. The van der Waals surface area contributed by atoms with Crippen LogP contribution in [0.25, 0.3) is 0 Å². The zero-order valence-electron chi connectivity index (χ0n) is 11.9. The van der Waals surface area contributed by atoms with E-state index in [9.17, 15) is 9.59 Å². The van der Waals surface area contributed by atoms with Gasteiger partial charge in [-0.25, -0.2) is 4.79 Å². The van der Waals surface area contributed by atoms with Gasteiger partial charge in [-0.1, -0.05) is 4.68 Å². The van der Waals surface area contributed by atoms with Crippen LogP contribution in [0.5, 0.6) is 0 Å². The Bertz CT molecular complexity index is 463. The zero-order chi connectivity index (χ0) is 14.6. The SMILES string of the molecule is CC(NC(=O)c1cc[n+](C)nc1)C(=O)OC(C)(C)C. The number of aryl methyl sites for hydroxylation is 1. The van der Waals surface area contributed by atoms with Crippen molar-refractivity contribution in [3.8, 4) is 0 Å². The molecule has 1 heterocycles. The molecule has 0 fully saturated rings. The summed E-state index contributed by atoms with van der Waals surface area (Å²) in [5.41, 5.74) is -0.175. The largest absolute Gasteiger partial charge is 0.458 e. The molecule has 1 unspecified atom stereocenters. The summed E-state index contributed by atoms with van der Waals surface area (Å²) in [6.07, 6.45) is 3.10. The van der Waals surface area contributed by atoms with Crippen molar-refractivity contribution in [3.05, 3.63) is 24.0 Å². The van der Waals surface area contributed by atoms with E-state index in [2.05, 4.69) is 10.4 Å². The molecule has 1 rings (SSSR count). The lowest BCUT2D eigenvalue weighted by atomic mass is 10.2. The van der Waals surface area contributed by atoms with Crippen LogP contribution in [-0.2, 0) is 16.6 Å². The van der Waals surface area contributed by atoms with Crippen LogP contribution in [0.4, 0.5) is 0 Å². The number of amides is 1. The Labute approximate surface area is 112 Å². The van der Waals surface area contributed by atoms with Gasteiger partial charge in [-0.3, -0.25) is 4.79 Å². The molecule has 6 nitrogen and oxygen atoms in total. The Balaban J connectivity index is 2.61. The van der Waals surface area contributed by atoms with Crippen molar-refractivity contribution in [2.24, 2.45) is 7.05 Å². The Kier molecular flexibility index (Phi) is 4.58. The van der Waals surface area contributed by atoms with Crippen molar-refractivity contribution in [3.63, 3.8) is 0 Å². The highest BCUT2D eigenvalue weighted by molar-refractivity contribution is 5.96. The lowest BCUT2D eigenvalue weighted by Gasteiger charge is -2.22. The van der Waals surface area contributed by atoms with Crippen LogP contribution in [-0.4, -0.2) is 28.6 Å². The molecular weight excluding hydrogens is 246 g/mol. The maximum absolute atomic E-state index is 11.9. The summed E-state index contributed by atoms with van der Waals surface area (Å²) in [5, 5.41) is 6.53. The number of aromatic nitrogens is 2. The standard InChI is InChI=1S/C13H19N3O3/c1-9(12(18)19-13(2,3)4)15-11(17)10-6-7-16(5)14-8-10/h6-9H,1-5H3/p+1. The highest BCUT2D eigenvalue weighted by Crippen LogP contribution is 2.08. The molecule has 1 aromatic rings. The number of nitrogens with zero attached hydrogens (tertiary/aromatic N) is 2. The average Bonchev–Trinajstić information content (AvgIpc) is 2.27. The first-order valence-electron chi connectivity index (χ1n) is 6.05. The van der Waals surface area contributed by atoms with Crippen LogP contribution >= 0.6 is 0 Å². The van der Waals surface area contributed by atoms with Gasteiger partial charge < -0.3 is 10.1 Å². The first-order valence-corrected chi connectivity index (χ1v) is 6.05. The molecule has 1 amide bonds. The van der Waals surface area contributed by atoms with E-state index in [1.165, 1.54) is 6.20 Å². The maximum atomic E-state index is 11.9. The van der Waals surface area contributed by atoms with Gasteiger partial charge in [-0.05, 0) is 32.8 Å². The van der Waals surface area contributed by atoms with Crippen molar-refractivity contribution in [1.29, 1.82) is 0 Å². The second-order valence-electron chi connectivity index (χ2n) is 5.32. The van der Waals surface area contributed by atoms with E-state index in [1.807, 2.05) is 0 Å². The molecule has 0 spiro atoms. The summed E-state index contributed by atoms with van der Waals surface area (Å²) < 4.78 is 6.76.